The molecule has 2 radical (unpaired) electrons. The molecule has 1 aliphatic carbocycles. The number of halogens is 2. The zero-order valence-electron chi connectivity index (χ0n) is 19.2. The Morgan fingerprint density at radius 3 is 2.45 bits per heavy atom. The van der Waals surface area contributed by atoms with Crippen LogP contribution in [0.25, 0.3) is 27.9 Å². The van der Waals surface area contributed by atoms with Gasteiger partial charge < -0.3 is 10.3 Å². The fourth-order valence-electron chi connectivity index (χ4n) is 4.41. The average molecular weight is 451 g/mol. The van der Waals surface area contributed by atoms with Gasteiger partial charge in [-0.25, -0.2) is 28.2 Å². The minimum atomic E-state index is -2.50. The highest BCUT2D eigenvalue weighted by atomic mass is 19.3. The van der Waals surface area contributed by atoms with Gasteiger partial charge in [0, 0.05) is 17.4 Å². The maximum atomic E-state index is 12.9. The molecule has 4 aromatic rings. The molecule has 0 unspecified atom stereocenters. The summed E-state index contributed by atoms with van der Waals surface area (Å²) in [4.78, 5) is 12.8. The van der Waals surface area contributed by atoms with E-state index in [4.69, 9.17) is 13.6 Å². The Kier molecular flexibility index (Phi) is 6.36. The topological polar surface area (TPSA) is 86.9 Å². The zero-order chi connectivity index (χ0) is 23.8. The largest absolute Gasteiger partial charge is 0.367 e. The highest BCUT2D eigenvalue weighted by Gasteiger charge is 2.20. The van der Waals surface area contributed by atoms with Gasteiger partial charge in [0.1, 0.15) is 19.2 Å². The predicted octanol–water partition coefficient (Wildman–Crippen LogP) is 4.07. The smallest absolute Gasteiger partial charge is 0.256 e. The number of hydrogen-bond donors (Lipinski definition) is 1. The second-order valence-corrected chi connectivity index (χ2v) is 9.30. The van der Waals surface area contributed by atoms with Crippen LogP contribution < -0.4 is 11.3 Å². The molecule has 0 aromatic carbocycles. The van der Waals surface area contributed by atoms with E-state index in [1.165, 1.54) is 41.2 Å². The SMILES string of the molecule is CC1(C)CCCCC1.[B]c1nc(N)nn2ccc(-c3ccc4nc(C)n(CC(F)F)c4n3)c12. The van der Waals surface area contributed by atoms with Crippen LogP contribution in [-0.4, -0.2) is 43.4 Å². The third-order valence-corrected chi connectivity index (χ3v) is 6.14. The number of fused-ring (bicyclic) bond motifs is 2. The molecule has 1 aliphatic rings. The normalized spacial score (nSPS) is 15.7. The van der Waals surface area contributed by atoms with E-state index in [1.807, 2.05) is 0 Å². The molecule has 7 nitrogen and oxygen atoms in total. The molecular weight excluding hydrogens is 423 g/mol. The quantitative estimate of drug-likeness (QED) is 0.475. The van der Waals surface area contributed by atoms with Gasteiger partial charge >= 0.3 is 0 Å². The summed E-state index contributed by atoms with van der Waals surface area (Å²) >= 11 is 0. The number of pyridine rings is 1. The third-order valence-electron chi connectivity index (χ3n) is 6.14. The summed E-state index contributed by atoms with van der Waals surface area (Å²) < 4.78 is 28.6. The summed E-state index contributed by atoms with van der Waals surface area (Å²) in [5.41, 5.74) is 9.23. The lowest BCUT2D eigenvalue weighted by atomic mass is 9.78. The lowest BCUT2D eigenvalue weighted by molar-refractivity contribution is 0.127. The first kappa shape index (κ1) is 23.1. The molecule has 0 aliphatic heterocycles. The first-order valence-corrected chi connectivity index (χ1v) is 11.2. The predicted molar refractivity (Wildman–Crippen MR) is 127 cm³/mol. The van der Waals surface area contributed by atoms with E-state index < -0.39 is 13.0 Å². The highest BCUT2D eigenvalue weighted by molar-refractivity contribution is 6.36. The van der Waals surface area contributed by atoms with Crippen molar-refractivity contribution in [2.45, 2.75) is 65.8 Å². The molecule has 4 aromatic heterocycles. The van der Waals surface area contributed by atoms with Crippen molar-refractivity contribution in [3.63, 3.8) is 0 Å². The number of aryl methyl sites for hydroxylation is 1. The summed E-state index contributed by atoms with van der Waals surface area (Å²) in [5.74, 6) is 0.540. The van der Waals surface area contributed by atoms with Crippen molar-refractivity contribution in [2.24, 2.45) is 5.41 Å². The Labute approximate surface area is 192 Å². The number of nitrogens with zero attached hydrogens (tertiary/aromatic N) is 6. The van der Waals surface area contributed by atoms with Crippen molar-refractivity contribution in [3.05, 3.63) is 30.2 Å². The molecule has 10 heteroatoms. The maximum Gasteiger partial charge on any atom is 0.256 e. The van der Waals surface area contributed by atoms with Crippen LogP contribution in [0.1, 0.15) is 51.8 Å². The van der Waals surface area contributed by atoms with Crippen molar-refractivity contribution in [1.29, 1.82) is 0 Å². The Hall–Kier alpha value is -3.04. The van der Waals surface area contributed by atoms with E-state index >= 15 is 0 Å². The van der Waals surface area contributed by atoms with E-state index in [1.54, 1.807) is 31.3 Å². The molecule has 33 heavy (non-hydrogen) atoms. The third kappa shape index (κ3) is 4.99. The standard InChI is InChI=1S/C15H12BF2N7.C8H16/c1-7-20-10-3-2-9(21-14(10)24(7)6-11(17)18)8-4-5-25-12(8)13(16)22-15(19)23-25;1-8(2)6-4-3-5-7-8/h2-5,11H,6H2,1H3,(H2,19,23);3-7H2,1-2H3. The second-order valence-electron chi connectivity index (χ2n) is 9.30. The van der Waals surface area contributed by atoms with Gasteiger partial charge in [0.05, 0.1) is 17.8 Å². The fraction of sp³-hybridized carbons (Fsp3) is 0.478. The van der Waals surface area contributed by atoms with Crippen LogP contribution in [0.4, 0.5) is 14.7 Å². The van der Waals surface area contributed by atoms with Crippen LogP contribution in [-0.2, 0) is 6.54 Å². The van der Waals surface area contributed by atoms with Crippen LogP contribution in [0.3, 0.4) is 0 Å². The molecular formula is C23H28BF2N7. The lowest BCUT2D eigenvalue weighted by Gasteiger charge is -2.28. The lowest BCUT2D eigenvalue weighted by Crippen LogP contribution is -2.17. The maximum absolute atomic E-state index is 12.9. The summed E-state index contributed by atoms with van der Waals surface area (Å²) in [6.07, 6.45) is 6.50. The molecule has 4 heterocycles. The molecule has 0 spiro atoms. The van der Waals surface area contributed by atoms with Crippen LogP contribution in [0, 0.1) is 12.3 Å². The number of aromatic nitrogens is 6. The minimum absolute atomic E-state index is 0.0567. The number of anilines is 1. The number of alkyl halides is 2. The molecule has 2 N–H and O–H groups in total. The first-order valence-electron chi connectivity index (χ1n) is 11.2. The summed E-state index contributed by atoms with van der Waals surface area (Å²) in [7, 11) is 5.96. The Balaban J connectivity index is 0.000000275. The van der Waals surface area contributed by atoms with E-state index in [0.717, 1.165) is 0 Å². The van der Waals surface area contributed by atoms with Crippen LogP contribution in [0.15, 0.2) is 24.4 Å². The summed E-state index contributed by atoms with van der Waals surface area (Å²) in [5, 5.41) is 4.06. The molecule has 172 valence electrons. The van der Waals surface area contributed by atoms with Crippen LogP contribution >= 0.6 is 0 Å². The first-order chi connectivity index (χ1) is 15.6. The van der Waals surface area contributed by atoms with Crippen molar-refractivity contribution >= 4 is 36.1 Å². The zero-order valence-corrected chi connectivity index (χ0v) is 19.2. The van der Waals surface area contributed by atoms with Gasteiger partial charge in [-0.3, -0.25) is 0 Å². The molecule has 5 rings (SSSR count). The number of nitrogens with two attached hydrogens (primary N) is 1. The van der Waals surface area contributed by atoms with Gasteiger partial charge in [-0.15, -0.1) is 5.10 Å². The van der Waals surface area contributed by atoms with Crippen molar-refractivity contribution in [1.82, 2.24) is 29.1 Å². The highest BCUT2D eigenvalue weighted by Crippen LogP contribution is 2.34. The van der Waals surface area contributed by atoms with Gasteiger partial charge in [0.25, 0.3) is 6.43 Å². The fourth-order valence-corrected chi connectivity index (χ4v) is 4.41. The molecule has 1 fully saturated rings. The van der Waals surface area contributed by atoms with Crippen molar-refractivity contribution in [2.75, 3.05) is 5.73 Å². The monoisotopic (exact) mass is 451 g/mol. The van der Waals surface area contributed by atoms with Crippen molar-refractivity contribution < 1.29 is 8.78 Å². The van der Waals surface area contributed by atoms with Gasteiger partial charge in [-0.2, -0.15) is 0 Å². The van der Waals surface area contributed by atoms with E-state index in [-0.39, 0.29) is 11.5 Å². The molecule has 0 amide bonds. The Morgan fingerprint density at radius 1 is 1.09 bits per heavy atom. The molecule has 1 saturated carbocycles. The van der Waals surface area contributed by atoms with Crippen molar-refractivity contribution in [3.8, 4) is 11.3 Å². The van der Waals surface area contributed by atoms with E-state index in [0.29, 0.717) is 39.2 Å². The Bertz CT molecular complexity index is 1270. The molecule has 0 saturated heterocycles. The number of rotatable bonds is 3. The van der Waals surface area contributed by atoms with Gasteiger partial charge in [-0.05, 0) is 43.4 Å². The average Bonchev–Trinajstić information content (AvgIpc) is 3.29. The number of nitrogen functional groups attached to an aromatic ring is 1. The Morgan fingerprint density at radius 2 is 1.82 bits per heavy atom. The molecule has 0 atom stereocenters. The number of hydrogen-bond acceptors (Lipinski definition) is 5. The van der Waals surface area contributed by atoms with Crippen LogP contribution in [0.5, 0.6) is 0 Å². The number of imidazole rings is 1. The summed E-state index contributed by atoms with van der Waals surface area (Å²) in [6.45, 7) is 5.97. The van der Waals surface area contributed by atoms with Gasteiger partial charge in [-0.1, -0.05) is 33.1 Å². The summed E-state index contributed by atoms with van der Waals surface area (Å²) in [6, 6.07) is 5.27. The van der Waals surface area contributed by atoms with E-state index in [9.17, 15) is 8.78 Å². The van der Waals surface area contributed by atoms with E-state index in [2.05, 4.69) is 33.9 Å². The minimum Gasteiger partial charge on any atom is -0.367 e. The van der Waals surface area contributed by atoms with Gasteiger partial charge in [0.2, 0.25) is 5.95 Å². The van der Waals surface area contributed by atoms with Crippen LogP contribution in [0.2, 0.25) is 0 Å². The van der Waals surface area contributed by atoms with Gasteiger partial charge in [0.15, 0.2) is 5.65 Å². The molecule has 0 bridgehead atoms. The second kappa shape index (κ2) is 9.07.